The Morgan fingerprint density at radius 1 is 1.29 bits per heavy atom. The summed E-state index contributed by atoms with van der Waals surface area (Å²) in [5.41, 5.74) is 0.256. The van der Waals surface area contributed by atoms with E-state index in [1.807, 2.05) is 0 Å². The molecule has 2 fully saturated rings. The molecule has 2 aliphatic carbocycles. The molecule has 2 saturated carbocycles. The molecule has 0 radical (unpaired) electrons. The highest BCUT2D eigenvalue weighted by molar-refractivity contribution is 7.90. The summed E-state index contributed by atoms with van der Waals surface area (Å²) in [6, 6.07) is 0. The number of rotatable bonds is 2. The highest BCUT2D eigenvalue weighted by Crippen LogP contribution is 2.59. The molecule has 14 heavy (non-hydrogen) atoms. The van der Waals surface area contributed by atoms with E-state index < -0.39 is 9.84 Å². The summed E-state index contributed by atoms with van der Waals surface area (Å²) in [5.74, 6) is 2.28. The van der Waals surface area contributed by atoms with Gasteiger partial charge in [-0.2, -0.15) is 0 Å². The zero-order chi connectivity index (χ0) is 10.6. The van der Waals surface area contributed by atoms with Gasteiger partial charge in [-0.1, -0.05) is 13.8 Å². The molecule has 0 aromatic carbocycles. The van der Waals surface area contributed by atoms with E-state index in [1.54, 1.807) is 0 Å². The second-order valence-corrected chi connectivity index (χ2v) is 7.98. The van der Waals surface area contributed by atoms with Gasteiger partial charge in [0, 0.05) is 6.26 Å². The van der Waals surface area contributed by atoms with E-state index in [4.69, 9.17) is 0 Å². The van der Waals surface area contributed by atoms with Crippen LogP contribution < -0.4 is 0 Å². The number of fused-ring (bicyclic) bond motifs is 2. The van der Waals surface area contributed by atoms with Crippen molar-refractivity contribution < 1.29 is 8.42 Å². The molecule has 0 aromatic heterocycles. The quantitative estimate of drug-likeness (QED) is 0.708. The van der Waals surface area contributed by atoms with Gasteiger partial charge in [-0.25, -0.2) is 8.42 Å². The molecule has 2 aliphatic rings. The average molecular weight is 216 g/mol. The van der Waals surface area contributed by atoms with E-state index >= 15 is 0 Å². The second kappa shape index (κ2) is 2.97. The zero-order valence-corrected chi connectivity index (χ0v) is 10.1. The molecule has 2 nitrogen and oxygen atoms in total. The van der Waals surface area contributed by atoms with Crippen molar-refractivity contribution in [2.75, 3.05) is 12.0 Å². The molecule has 0 saturated heterocycles. The molecule has 2 rings (SSSR count). The Labute approximate surface area is 87.0 Å². The minimum absolute atomic E-state index is 0.256. The van der Waals surface area contributed by atoms with Crippen molar-refractivity contribution in [2.24, 2.45) is 23.2 Å². The fourth-order valence-electron chi connectivity index (χ4n) is 3.64. The maximum absolute atomic E-state index is 11.4. The predicted octanol–water partition coefficient (Wildman–Crippen LogP) is 2.10. The van der Waals surface area contributed by atoms with E-state index in [9.17, 15) is 8.42 Å². The Kier molecular flexibility index (Phi) is 2.22. The molecular formula is C11H20O2S. The Bertz CT molecular complexity index is 329. The molecule has 0 aromatic rings. The first kappa shape index (κ1) is 10.5. The van der Waals surface area contributed by atoms with Gasteiger partial charge < -0.3 is 0 Å². The number of hydrogen-bond acceptors (Lipinski definition) is 2. The molecule has 82 valence electrons. The molecule has 0 spiro atoms. The van der Waals surface area contributed by atoms with Crippen molar-refractivity contribution in [3.05, 3.63) is 0 Å². The third kappa shape index (κ3) is 1.60. The molecule has 0 N–H and O–H groups in total. The average Bonchev–Trinajstić information content (AvgIpc) is 2.51. The molecule has 3 heteroatoms. The van der Waals surface area contributed by atoms with Crippen molar-refractivity contribution in [2.45, 2.75) is 33.1 Å². The van der Waals surface area contributed by atoms with Gasteiger partial charge in [0.15, 0.2) is 0 Å². The summed E-state index contributed by atoms with van der Waals surface area (Å²) in [5, 5.41) is 0. The van der Waals surface area contributed by atoms with E-state index in [0.717, 1.165) is 5.92 Å². The fourth-order valence-corrected chi connectivity index (χ4v) is 5.00. The van der Waals surface area contributed by atoms with Crippen LogP contribution in [0.25, 0.3) is 0 Å². The Balaban J connectivity index is 2.20. The molecule has 0 amide bonds. The van der Waals surface area contributed by atoms with Crippen molar-refractivity contribution >= 4 is 9.84 Å². The van der Waals surface area contributed by atoms with Crippen LogP contribution in [0.5, 0.6) is 0 Å². The number of hydrogen-bond donors (Lipinski definition) is 0. The van der Waals surface area contributed by atoms with Gasteiger partial charge in [0.05, 0.1) is 5.75 Å². The lowest BCUT2D eigenvalue weighted by Crippen LogP contribution is -2.35. The summed E-state index contributed by atoms with van der Waals surface area (Å²) in [6.07, 6.45) is 5.22. The van der Waals surface area contributed by atoms with E-state index in [2.05, 4.69) is 13.8 Å². The van der Waals surface area contributed by atoms with Crippen molar-refractivity contribution in [1.82, 2.24) is 0 Å². The van der Waals surface area contributed by atoms with Crippen LogP contribution in [0.1, 0.15) is 33.1 Å². The standard InChI is InChI=1S/C11H20O2S/c1-11(2)9-5-4-8(6-9)10(11)7-14(3,12)13/h8-10H,4-7H2,1-3H3/t8-,9+,10-/m1/s1. The normalized spacial score (nSPS) is 40.4. The van der Waals surface area contributed by atoms with E-state index in [1.165, 1.54) is 25.5 Å². The highest BCUT2D eigenvalue weighted by Gasteiger charge is 2.53. The SMILES string of the molecule is CC1(C)[C@H]2CC[C@H](C2)[C@H]1CS(C)(=O)=O. The second-order valence-electron chi connectivity index (χ2n) is 5.79. The molecule has 2 bridgehead atoms. The molecule has 3 atom stereocenters. The van der Waals surface area contributed by atoms with Gasteiger partial charge in [-0.15, -0.1) is 0 Å². The lowest BCUT2D eigenvalue weighted by Gasteiger charge is -2.37. The summed E-state index contributed by atoms with van der Waals surface area (Å²) in [6.45, 7) is 4.51. The van der Waals surface area contributed by atoms with Crippen LogP contribution >= 0.6 is 0 Å². The minimum Gasteiger partial charge on any atom is -0.229 e. The predicted molar refractivity (Wildman–Crippen MR) is 57.8 cm³/mol. The first-order valence-corrected chi connectivity index (χ1v) is 7.54. The molecule has 0 aliphatic heterocycles. The summed E-state index contributed by atoms with van der Waals surface area (Å²) in [7, 11) is -2.80. The Hall–Kier alpha value is -0.0500. The topological polar surface area (TPSA) is 34.1 Å². The van der Waals surface area contributed by atoms with E-state index in [0.29, 0.717) is 17.6 Å². The molecular weight excluding hydrogens is 196 g/mol. The van der Waals surface area contributed by atoms with Crippen molar-refractivity contribution in [3.63, 3.8) is 0 Å². The van der Waals surface area contributed by atoms with Gasteiger partial charge in [-0.3, -0.25) is 0 Å². The van der Waals surface area contributed by atoms with Crippen LogP contribution in [0.3, 0.4) is 0 Å². The largest absolute Gasteiger partial charge is 0.229 e. The first-order chi connectivity index (χ1) is 6.31. The van der Waals surface area contributed by atoms with Crippen LogP contribution in [-0.2, 0) is 9.84 Å². The summed E-state index contributed by atoms with van der Waals surface area (Å²) >= 11 is 0. The smallest absolute Gasteiger partial charge is 0.147 e. The van der Waals surface area contributed by atoms with Gasteiger partial charge in [0.2, 0.25) is 0 Å². The van der Waals surface area contributed by atoms with Crippen molar-refractivity contribution in [3.8, 4) is 0 Å². The minimum atomic E-state index is -2.80. The highest BCUT2D eigenvalue weighted by atomic mass is 32.2. The maximum atomic E-state index is 11.4. The monoisotopic (exact) mass is 216 g/mol. The first-order valence-electron chi connectivity index (χ1n) is 5.48. The maximum Gasteiger partial charge on any atom is 0.147 e. The van der Waals surface area contributed by atoms with Gasteiger partial charge >= 0.3 is 0 Å². The fraction of sp³-hybridized carbons (Fsp3) is 1.00. The third-order valence-corrected chi connectivity index (χ3v) is 5.50. The number of sulfone groups is 1. The van der Waals surface area contributed by atoms with Gasteiger partial charge in [-0.05, 0) is 42.4 Å². The Morgan fingerprint density at radius 3 is 2.36 bits per heavy atom. The molecule has 0 heterocycles. The molecule has 0 unspecified atom stereocenters. The van der Waals surface area contributed by atoms with E-state index in [-0.39, 0.29) is 5.41 Å². The van der Waals surface area contributed by atoms with Crippen molar-refractivity contribution in [1.29, 1.82) is 0 Å². The lowest BCUT2D eigenvalue weighted by molar-refractivity contribution is 0.139. The van der Waals surface area contributed by atoms with Crippen LogP contribution in [-0.4, -0.2) is 20.4 Å². The zero-order valence-electron chi connectivity index (χ0n) is 9.29. The summed E-state index contributed by atoms with van der Waals surface area (Å²) < 4.78 is 22.7. The third-order valence-electron chi connectivity index (χ3n) is 4.53. The van der Waals surface area contributed by atoms with Crippen LogP contribution in [0.15, 0.2) is 0 Å². The summed E-state index contributed by atoms with van der Waals surface area (Å²) in [4.78, 5) is 0. The van der Waals surface area contributed by atoms with Gasteiger partial charge in [0.25, 0.3) is 0 Å². The van der Waals surface area contributed by atoms with Gasteiger partial charge in [0.1, 0.15) is 9.84 Å². The lowest BCUT2D eigenvalue weighted by atomic mass is 9.69. The van der Waals surface area contributed by atoms with Crippen LogP contribution in [0.4, 0.5) is 0 Å². The van der Waals surface area contributed by atoms with Crippen LogP contribution in [0.2, 0.25) is 0 Å². The Morgan fingerprint density at radius 2 is 1.93 bits per heavy atom. The van der Waals surface area contributed by atoms with Crippen LogP contribution in [0, 0.1) is 23.2 Å².